The van der Waals surface area contributed by atoms with Gasteiger partial charge in [-0.05, 0) is 51.0 Å². The number of sulfonamides is 1. The molecule has 7 nitrogen and oxygen atoms in total. The monoisotopic (exact) mass is 299 g/mol. The molecule has 0 radical (unpaired) electrons. The molecule has 1 aromatic heterocycles. The molecule has 1 aliphatic heterocycles. The number of likely N-dealkylation sites (tertiary alicyclic amines) is 1. The molecule has 0 spiro atoms. The van der Waals surface area contributed by atoms with Gasteiger partial charge in [0, 0.05) is 12.7 Å². The second-order valence-electron chi connectivity index (χ2n) is 5.12. The van der Waals surface area contributed by atoms with E-state index in [1.807, 2.05) is 0 Å². The van der Waals surface area contributed by atoms with Crippen molar-refractivity contribution in [1.29, 1.82) is 0 Å². The number of piperidine rings is 1. The van der Waals surface area contributed by atoms with Crippen LogP contribution >= 0.6 is 0 Å². The van der Waals surface area contributed by atoms with Crippen LogP contribution in [0.2, 0.25) is 0 Å². The van der Waals surface area contributed by atoms with Gasteiger partial charge in [0.05, 0.1) is 0 Å². The Kier molecular flexibility index (Phi) is 4.92. The average molecular weight is 299 g/mol. The van der Waals surface area contributed by atoms with E-state index >= 15 is 0 Å². The van der Waals surface area contributed by atoms with Crippen LogP contribution in [-0.4, -0.2) is 45.0 Å². The fourth-order valence-corrected chi connectivity index (χ4v) is 3.26. The maximum Gasteiger partial charge on any atom is 0.242 e. The fraction of sp³-hybridized carbons (Fsp3) is 0.583. The normalized spacial score (nSPS) is 18.1. The molecule has 0 unspecified atom stereocenters. The summed E-state index contributed by atoms with van der Waals surface area (Å²) in [5.74, 6) is 6.03. The third kappa shape index (κ3) is 3.89. The van der Waals surface area contributed by atoms with E-state index in [9.17, 15) is 8.42 Å². The average Bonchev–Trinajstić information content (AvgIpc) is 2.47. The molecule has 1 aliphatic rings. The van der Waals surface area contributed by atoms with Gasteiger partial charge in [0.2, 0.25) is 10.0 Å². The Labute approximate surface area is 119 Å². The summed E-state index contributed by atoms with van der Waals surface area (Å²) < 4.78 is 26.9. The number of nitrogens with one attached hydrogen (secondary N) is 2. The predicted molar refractivity (Wildman–Crippen MR) is 77.5 cm³/mol. The molecule has 2 rings (SSSR count). The molecule has 0 bridgehead atoms. The van der Waals surface area contributed by atoms with Crippen LogP contribution in [0, 0.1) is 5.92 Å². The SMILES string of the molecule is CN1CCC(CNS(=O)(=O)c2ccc(NN)nc2)CC1. The lowest BCUT2D eigenvalue weighted by atomic mass is 9.98. The van der Waals surface area contributed by atoms with Crippen LogP contribution in [0.4, 0.5) is 5.82 Å². The number of hydrazine groups is 1. The quantitative estimate of drug-likeness (QED) is 0.522. The Bertz CT molecular complexity index is 523. The smallest absolute Gasteiger partial charge is 0.242 e. The summed E-state index contributed by atoms with van der Waals surface area (Å²) in [7, 11) is -1.41. The number of hydrogen-bond donors (Lipinski definition) is 3. The summed E-state index contributed by atoms with van der Waals surface area (Å²) in [6.07, 6.45) is 3.34. The van der Waals surface area contributed by atoms with E-state index in [0.29, 0.717) is 18.3 Å². The summed E-state index contributed by atoms with van der Waals surface area (Å²) >= 11 is 0. The van der Waals surface area contributed by atoms with Crippen molar-refractivity contribution in [2.24, 2.45) is 11.8 Å². The minimum absolute atomic E-state index is 0.157. The van der Waals surface area contributed by atoms with Gasteiger partial charge in [-0.2, -0.15) is 0 Å². The summed E-state index contributed by atoms with van der Waals surface area (Å²) in [6.45, 7) is 2.52. The zero-order chi connectivity index (χ0) is 14.6. The van der Waals surface area contributed by atoms with Gasteiger partial charge in [0.1, 0.15) is 10.7 Å². The molecule has 8 heteroatoms. The number of nitrogens with two attached hydrogens (primary N) is 1. The minimum atomic E-state index is -3.49. The zero-order valence-electron chi connectivity index (χ0n) is 11.5. The molecule has 2 heterocycles. The first-order valence-corrected chi connectivity index (χ1v) is 8.10. The molecule has 0 aliphatic carbocycles. The molecule has 1 fully saturated rings. The third-order valence-electron chi connectivity index (χ3n) is 3.59. The van der Waals surface area contributed by atoms with Gasteiger partial charge in [0.15, 0.2) is 0 Å². The predicted octanol–water partition coefficient (Wildman–Crippen LogP) is -0.0127. The standard InChI is InChI=1S/C12H21N5O2S/c1-17-6-4-10(5-7-17)8-15-20(18,19)11-2-3-12(16-13)14-9-11/h2-3,9-10,15H,4-8,13H2,1H3,(H,14,16). The van der Waals surface area contributed by atoms with Gasteiger partial charge < -0.3 is 10.3 Å². The van der Waals surface area contributed by atoms with E-state index in [2.05, 4.69) is 27.1 Å². The van der Waals surface area contributed by atoms with Crippen LogP contribution in [0.25, 0.3) is 0 Å². The number of aromatic nitrogens is 1. The van der Waals surface area contributed by atoms with Crippen LogP contribution in [-0.2, 0) is 10.0 Å². The largest absolute Gasteiger partial charge is 0.308 e. The summed E-state index contributed by atoms with van der Waals surface area (Å²) in [4.78, 5) is 6.32. The molecule has 1 aromatic rings. The highest BCUT2D eigenvalue weighted by atomic mass is 32.2. The Morgan fingerprint density at radius 1 is 1.40 bits per heavy atom. The lowest BCUT2D eigenvalue weighted by molar-refractivity contribution is 0.220. The Morgan fingerprint density at radius 3 is 2.65 bits per heavy atom. The van der Waals surface area contributed by atoms with E-state index in [1.54, 1.807) is 0 Å². The van der Waals surface area contributed by atoms with E-state index in [4.69, 9.17) is 5.84 Å². The highest BCUT2D eigenvalue weighted by Crippen LogP contribution is 2.16. The van der Waals surface area contributed by atoms with Crippen LogP contribution in [0.1, 0.15) is 12.8 Å². The van der Waals surface area contributed by atoms with Gasteiger partial charge >= 0.3 is 0 Å². The van der Waals surface area contributed by atoms with Gasteiger partial charge in [-0.1, -0.05) is 0 Å². The lowest BCUT2D eigenvalue weighted by Crippen LogP contribution is -2.36. The van der Waals surface area contributed by atoms with E-state index in [1.165, 1.54) is 18.3 Å². The second kappa shape index (κ2) is 6.49. The van der Waals surface area contributed by atoms with Crippen LogP contribution in [0.3, 0.4) is 0 Å². The molecule has 20 heavy (non-hydrogen) atoms. The minimum Gasteiger partial charge on any atom is -0.308 e. The van der Waals surface area contributed by atoms with Gasteiger partial charge in [0.25, 0.3) is 0 Å². The van der Waals surface area contributed by atoms with E-state index in [0.717, 1.165) is 25.9 Å². The van der Waals surface area contributed by atoms with Crippen molar-refractivity contribution in [1.82, 2.24) is 14.6 Å². The number of nitrogens with zero attached hydrogens (tertiary/aromatic N) is 2. The molecular formula is C12H21N5O2S. The third-order valence-corrected chi connectivity index (χ3v) is 5.00. The fourth-order valence-electron chi connectivity index (χ4n) is 2.20. The van der Waals surface area contributed by atoms with Crippen LogP contribution in [0.5, 0.6) is 0 Å². The molecule has 0 saturated carbocycles. The number of anilines is 1. The molecule has 0 aromatic carbocycles. The topological polar surface area (TPSA) is 100 Å². The van der Waals surface area contributed by atoms with Crippen LogP contribution < -0.4 is 16.0 Å². The number of pyridine rings is 1. The van der Waals surface area contributed by atoms with Gasteiger partial charge in [-0.25, -0.2) is 24.0 Å². The number of hydrogen-bond acceptors (Lipinski definition) is 6. The van der Waals surface area contributed by atoms with Crippen molar-refractivity contribution in [3.63, 3.8) is 0 Å². The van der Waals surface area contributed by atoms with E-state index in [-0.39, 0.29) is 4.90 Å². The first-order valence-electron chi connectivity index (χ1n) is 6.62. The maximum atomic E-state index is 12.1. The van der Waals surface area contributed by atoms with Gasteiger partial charge in [-0.3, -0.25) is 0 Å². The second-order valence-corrected chi connectivity index (χ2v) is 6.89. The molecule has 1 saturated heterocycles. The Balaban J connectivity index is 1.93. The number of nitrogen functional groups attached to an aromatic ring is 1. The lowest BCUT2D eigenvalue weighted by Gasteiger charge is -2.28. The van der Waals surface area contributed by atoms with Crippen molar-refractivity contribution in [3.8, 4) is 0 Å². The molecular weight excluding hydrogens is 278 g/mol. The summed E-state index contributed by atoms with van der Waals surface area (Å²) in [5, 5.41) is 0. The van der Waals surface area contributed by atoms with Gasteiger partial charge in [-0.15, -0.1) is 0 Å². The summed E-state index contributed by atoms with van der Waals surface area (Å²) in [6, 6.07) is 3.02. The summed E-state index contributed by atoms with van der Waals surface area (Å²) in [5.41, 5.74) is 2.36. The van der Waals surface area contributed by atoms with Crippen LogP contribution in [0.15, 0.2) is 23.2 Å². The first kappa shape index (κ1) is 15.2. The van der Waals surface area contributed by atoms with Crippen molar-refractivity contribution >= 4 is 15.8 Å². The zero-order valence-corrected chi connectivity index (χ0v) is 12.4. The molecule has 112 valence electrons. The number of rotatable bonds is 5. The molecule has 0 atom stereocenters. The van der Waals surface area contributed by atoms with Crippen molar-refractivity contribution < 1.29 is 8.42 Å². The first-order chi connectivity index (χ1) is 9.51. The van der Waals surface area contributed by atoms with Crippen molar-refractivity contribution in [2.75, 3.05) is 32.1 Å². The highest BCUT2D eigenvalue weighted by Gasteiger charge is 2.20. The maximum absolute atomic E-state index is 12.1. The molecule has 4 N–H and O–H groups in total. The van der Waals surface area contributed by atoms with E-state index < -0.39 is 10.0 Å². The Hall–Kier alpha value is -1.22. The Morgan fingerprint density at radius 2 is 2.10 bits per heavy atom. The van der Waals surface area contributed by atoms with Crippen molar-refractivity contribution in [2.45, 2.75) is 17.7 Å². The molecule has 0 amide bonds. The van der Waals surface area contributed by atoms with Crippen molar-refractivity contribution in [3.05, 3.63) is 18.3 Å². The highest BCUT2D eigenvalue weighted by molar-refractivity contribution is 7.89.